The molecule has 19 heavy (non-hydrogen) atoms. The molecule has 0 radical (unpaired) electrons. The third kappa shape index (κ3) is 3.08. The third-order valence-corrected chi connectivity index (χ3v) is 4.41. The van der Waals surface area contributed by atoms with E-state index in [1.807, 2.05) is 6.92 Å². The zero-order chi connectivity index (χ0) is 14.2. The normalized spacial score (nSPS) is 23.5. The molecule has 0 spiro atoms. The fourth-order valence-electron chi connectivity index (χ4n) is 2.21. The minimum Gasteiger partial charge on any atom is -0.338 e. The van der Waals surface area contributed by atoms with Crippen LogP contribution in [0.5, 0.6) is 0 Å². The molecule has 2 unspecified atom stereocenters. The van der Waals surface area contributed by atoms with Crippen LogP contribution in [-0.2, 0) is 0 Å². The van der Waals surface area contributed by atoms with Crippen LogP contribution in [0.15, 0.2) is 16.6 Å². The van der Waals surface area contributed by atoms with E-state index in [1.54, 1.807) is 0 Å². The first kappa shape index (κ1) is 14.7. The summed E-state index contributed by atoms with van der Waals surface area (Å²) in [7, 11) is 0. The summed E-state index contributed by atoms with van der Waals surface area (Å²) in [6.45, 7) is 2.76. The molecule has 2 nitrogen and oxygen atoms in total. The quantitative estimate of drug-likeness (QED) is 0.704. The van der Waals surface area contributed by atoms with Gasteiger partial charge in [-0.3, -0.25) is 4.79 Å². The van der Waals surface area contributed by atoms with E-state index in [0.29, 0.717) is 19.5 Å². The van der Waals surface area contributed by atoms with Gasteiger partial charge in [-0.05, 0) is 24.5 Å². The van der Waals surface area contributed by atoms with E-state index in [0.717, 1.165) is 12.1 Å². The van der Waals surface area contributed by atoms with Crippen LogP contribution in [0, 0.1) is 17.6 Å². The SMILES string of the molecule is CC1CN(C(=O)c2c(F)cc(Br)cc2F)CCC1Cl. The van der Waals surface area contributed by atoms with Crippen molar-refractivity contribution in [3.05, 3.63) is 33.8 Å². The van der Waals surface area contributed by atoms with Crippen LogP contribution in [-0.4, -0.2) is 29.3 Å². The summed E-state index contributed by atoms with van der Waals surface area (Å²) < 4.78 is 27.8. The maximum atomic E-state index is 13.7. The van der Waals surface area contributed by atoms with Crippen LogP contribution >= 0.6 is 27.5 Å². The zero-order valence-corrected chi connectivity index (χ0v) is 12.6. The lowest BCUT2D eigenvalue weighted by Crippen LogP contribution is -2.43. The Labute approximate surface area is 123 Å². The fraction of sp³-hybridized carbons (Fsp3) is 0.462. The Morgan fingerprint density at radius 3 is 2.53 bits per heavy atom. The highest BCUT2D eigenvalue weighted by Crippen LogP contribution is 2.25. The number of carbonyl (C=O) groups excluding carboxylic acids is 1. The molecule has 2 atom stereocenters. The number of hydrogen-bond acceptors (Lipinski definition) is 1. The number of halogens is 4. The standard InChI is InChI=1S/C13H13BrClF2NO/c1-7-6-18(3-2-9(7)15)13(19)12-10(16)4-8(14)5-11(12)17/h4-5,7,9H,2-3,6H2,1H3. The van der Waals surface area contributed by atoms with E-state index in [4.69, 9.17) is 11.6 Å². The van der Waals surface area contributed by atoms with Crippen molar-refractivity contribution in [2.24, 2.45) is 5.92 Å². The van der Waals surface area contributed by atoms with Gasteiger partial charge in [0.1, 0.15) is 17.2 Å². The summed E-state index contributed by atoms with van der Waals surface area (Å²) >= 11 is 9.06. The first-order chi connectivity index (χ1) is 8.90. The lowest BCUT2D eigenvalue weighted by atomic mass is 9.98. The first-order valence-corrected chi connectivity index (χ1v) is 7.21. The van der Waals surface area contributed by atoms with Crippen molar-refractivity contribution in [1.29, 1.82) is 0 Å². The molecular weight excluding hydrogens is 340 g/mol. The molecule has 1 fully saturated rings. The average Bonchev–Trinajstić information content (AvgIpc) is 2.31. The average molecular weight is 353 g/mol. The molecule has 1 amide bonds. The van der Waals surface area contributed by atoms with E-state index >= 15 is 0 Å². The van der Waals surface area contributed by atoms with Gasteiger partial charge >= 0.3 is 0 Å². The van der Waals surface area contributed by atoms with Crippen LogP contribution in [0.25, 0.3) is 0 Å². The van der Waals surface area contributed by atoms with Gasteiger partial charge in [-0.25, -0.2) is 8.78 Å². The molecule has 1 aromatic carbocycles. The summed E-state index contributed by atoms with van der Waals surface area (Å²) in [6, 6.07) is 2.18. The van der Waals surface area contributed by atoms with Crippen LogP contribution in [0.4, 0.5) is 8.78 Å². The molecule has 1 aromatic rings. The van der Waals surface area contributed by atoms with Crippen molar-refractivity contribution in [1.82, 2.24) is 4.90 Å². The topological polar surface area (TPSA) is 20.3 Å². The molecule has 1 heterocycles. The van der Waals surface area contributed by atoms with Crippen LogP contribution in [0.3, 0.4) is 0 Å². The van der Waals surface area contributed by atoms with Gasteiger partial charge in [0.15, 0.2) is 0 Å². The molecule has 6 heteroatoms. The molecule has 0 aliphatic carbocycles. The maximum absolute atomic E-state index is 13.7. The highest BCUT2D eigenvalue weighted by molar-refractivity contribution is 9.10. The molecule has 104 valence electrons. The van der Waals surface area contributed by atoms with Crippen molar-refractivity contribution in [3.63, 3.8) is 0 Å². The van der Waals surface area contributed by atoms with Crippen LogP contribution < -0.4 is 0 Å². The third-order valence-electron chi connectivity index (χ3n) is 3.31. The molecule has 0 aromatic heterocycles. The molecule has 0 bridgehead atoms. The molecule has 0 saturated carbocycles. The molecule has 1 saturated heterocycles. The Morgan fingerprint density at radius 1 is 1.42 bits per heavy atom. The van der Waals surface area contributed by atoms with Gasteiger partial charge in [-0.1, -0.05) is 22.9 Å². The molecule has 1 aliphatic rings. The number of benzene rings is 1. The lowest BCUT2D eigenvalue weighted by molar-refractivity contribution is 0.0677. The molecule has 2 rings (SSSR count). The Morgan fingerprint density at radius 2 is 2.00 bits per heavy atom. The molecule has 0 N–H and O–H groups in total. The monoisotopic (exact) mass is 351 g/mol. The number of rotatable bonds is 1. The van der Waals surface area contributed by atoms with Crippen molar-refractivity contribution < 1.29 is 13.6 Å². The Hall–Kier alpha value is -0.680. The van der Waals surface area contributed by atoms with E-state index in [-0.39, 0.29) is 15.8 Å². The lowest BCUT2D eigenvalue weighted by Gasteiger charge is -2.34. The minimum absolute atomic E-state index is 0.00339. The smallest absolute Gasteiger partial charge is 0.259 e. The number of amides is 1. The minimum atomic E-state index is -0.850. The maximum Gasteiger partial charge on any atom is 0.259 e. The Balaban J connectivity index is 2.25. The fourth-order valence-corrected chi connectivity index (χ4v) is 2.79. The predicted molar refractivity (Wildman–Crippen MR) is 73.4 cm³/mol. The largest absolute Gasteiger partial charge is 0.338 e. The number of piperidine rings is 1. The molecular formula is C13H13BrClF2NO. The Kier molecular flexibility index (Phi) is 4.46. The summed E-state index contributed by atoms with van der Waals surface area (Å²) in [4.78, 5) is 13.6. The second-order valence-corrected chi connectivity index (χ2v) is 6.25. The van der Waals surface area contributed by atoms with Gasteiger partial charge in [0.25, 0.3) is 5.91 Å². The number of nitrogens with zero attached hydrogens (tertiary/aromatic N) is 1. The van der Waals surface area contributed by atoms with Crippen molar-refractivity contribution in [2.45, 2.75) is 18.7 Å². The zero-order valence-electron chi connectivity index (χ0n) is 10.3. The van der Waals surface area contributed by atoms with Gasteiger partial charge < -0.3 is 4.90 Å². The second-order valence-electron chi connectivity index (χ2n) is 4.78. The van der Waals surface area contributed by atoms with Gasteiger partial charge in [0.2, 0.25) is 0 Å². The van der Waals surface area contributed by atoms with Gasteiger partial charge in [-0.2, -0.15) is 0 Å². The van der Waals surface area contributed by atoms with Crippen LogP contribution in [0.2, 0.25) is 0 Å². The van der Waals surface area contributed by atoms with Gasteiger partial charge in [-0.15, -0.1) is 11.6 Å². The van der Waals surface area contributed by atoms with Gasteiger partial charge in [0, 0.05) is 22.9 Å². The van der Waals surface area contributed by atoms with Crippen LogP contribution in [0.1, 0.15) is 23.7 Å². The highest BCUT2D eigenvalue weighted by atomic mass is 79.9. The second kappa shape index (κ2) is 5.75. The molecule has 1 aliphatic heterocycles. The highest BCUT2D eigenvalue weighted by Gasteiger charge is 2.30. The van der Waals surface area contributed by atoms with E-state index in [9.17, 15) is 13.6 Å². The van der Waals surface area contributed by atoms with Gasteiger partial charge in [0.05, 0.1) is 0 Å². The summed E-state index contributed by atoms with van der Waals surface area (Å²) in [5.41, 5.74) is -0.497. The number of alkyl halides is 1. The first-order valence-electron chi connectivity index (χ1n) is 5.98. The van der Waals surface area contributed by atoms with E-state index < -0.39 is 23.1 Å². The van der Waals surface area contributed by atoms with E-state index in [1.165, 1.54) is 4.90 Å². The van der Waals surface area contributed by atoms with Crippen molar-refractivity contribution in [2.75, 3.05) is 13.1 Å². The Bertz CT molecular complexity index is 488. The number of likely N-dealkylation sites (tertiary alicyclic amines) is 1. The number of hydrogen-bond donors (Lipinski definition) is 0. The van der Waals surface area contributed by atoms with Crippen molar-refractivity contribution in [3.8, 4) is 0 Å². The van der Waals surface area contributed by atoms with Crippen molar-refractivity contribution >= 4 is 33.4 Å². The summed E-state index contributed by atoms with van der Waals surface area (Å²) in [5.74, 6) is -2.20. The summed E-state index contributed by atoms with van der Waals surface area (Å²) in [6.07, 6.45) is 0.633. The van der Waals surface area contributed by atoms with E-state index in [2.05, 4.69) is 15.9 Å². The number of carbonyl (C=O) groups is 1. The predicted octanol–water partition coefficient (Wildman–Crippen LogP) is 3.82. The summed E-state index contributed by atoms with van der Waals surface area (Å²) in [5, 5.41) is 0.00339.